The molecule has 2 aromatic rings. The molecule has 1 radical (unpaired) electrons. The third-order valence-electron chi connectivity index (χ3n) is 4.85. The molecular weight excluding hydrogens is 318 g/mol. The summed E-state index contributed by atoms with van der Waals surface area (Å²) in [6.45, 7) is 1.75. The molecule has 1 saturated heterocycles. The van der Waals surface area contributed by atoms with E-state index in [0.717, 1.165) is 43.1 Å². The maximum absolute atomic E-state index is 11.4. The van der Waals surface area contributed by atoms with E-state index in [9.17, 15) is 4.79 Å². The zero-order chi connectivity index (χ0) is 17.4. The summed E-state index contributed by atoms with van der Waals surface area (Å²) in [4.78, 5) is 22.1. The van der Waals surface area contributed by atoms with Gasteiger partial charge in [-0.3, -0.25) is 0 Å². The van der Waals surface area contributed by atoms with Crippen LogP contribution in [-0.4, -0.2) is 36.1 Å². The molecule has 2 amide bonds. The van der Waals surface area contributed by atoms with E-state index in [-0.39, 0.29) is 6.03 Å². The number of rotatable bonds is 3. The number of hydrogen-bond donors (Lipinski definition) is 3. The van der Waals surface area contributed by atoms with E-state index in [2.05, 4.69) is 36.9 Å². The fourth-order valence-electron chi connectivity index (χ4n) is 3.52. The number of aromatic nitrogens is 2. The molecule has 1 aromatic carbocycles. The molecule has 1 aromatic heterocycles. The Bertz CT molecular complexity index is 815. The first kappa shape index (κ1) is 15.5. The Hall–Kier alpha value is -3.03. The molecule has 4 N–H and O–H groups in total. The SMILES string of the molecule is CNc1ncnc(N2CCC(c3ccc4c(c3)[N]C(=O)N4)CC2)c1N. The van der Waals surface area contributed by atoms with Crippen molar-refractivity contribution < 1.29 is 4.79 Å². The van der Waals surface area contributed by atoms with Crippen LogP contribution in [0.2, 0.25) is 0 Å². The van der Waals surface area contributed by atoms with Crippen LogP contribution < -0.4 is 26.6 Å². The molecule has 0 saturated carbocycles. The molecule has 1 fully saturated rings. The Labute approximate surface area is 145 Å². The topological polar surface area (TPSA) is 110 Å². The number of piperidine rings is 1. The lowest BCUT2D eigenvalue weighted by Gasteiger charge is -2.33. The van der Waals surface area contributed by atoms with Gasteiger partial charge < -0.3 is 21.3 Å². The van der Waals surface area contributed by atoms with Gasteiger partial charge in [-0.05, 0) is 36.5 Å². The standard InChI is InChI=1S/C17H20N7O/c1-19-15-14(18)16(21-9-20-15)24-6-4-10(5-7-24)11-2-3-12-13(8-11)23-17(25)22-12/h2-3,8-10H,4-7,18H2,1H3,(H,22,25)(H,19,20,21). The van der Waals surface area contributed by atoms with Crippen molar-refractivity contribution in [1.29, 1.82) is 0 Å². The molecule has 2 aliphatic heterocycles. The normalized spacial score (nSPS) is 17.0. The number of amides is 2. The van der Waals surface area contributed by atoms with Gasteiger partial charge in [-0.1, -0.05) is 6.07 Å². The summed E-state index contributed by atoms with van der Waals surface area (Å²) in [7, 11) is 1.80. The number of nitrogens with one attached hydrogen (secondary N) is 2. The van der Waals surface area contributed by atoms with Gasteiger partial charge in [0, 0.05) is 20.1 Å². The van der Waals surface area contributed by atoms with E-state index in [1.165, 1.54) is 11.9 Å². The second-order valence-corrected chi connectivity index (χ2v) is 6.29. The second kappa shape index (κ2) is 6.12. The first-order valence-electron chi connectivity index (χ1n) is 8.35. The molecule has 0 unspecified atom stereocenters. The van der Waals surface area contributed by atoms with Gasteiger partial charge in [0.05, 0.1) is 11.4 Å². The van der Waals surface area contributed by atoms with Gasteiger partial charge >= 0.3 is 6.03 Å². The van der Waals surface area contributed by atoms with Crippen LogP contribution in [0.1, 0.15) is 24.3 Å². The molecular formula is C17H20N7O. The third-order valence-corrected chi connectivity index (χ3v) is 4.85. The predicted molar refractivity (Wildman–Crippen MR) is 97.4 cm³/mol. The first-order valence-corrected chi connectivity index (χ1v) is 8.35. The van der Waals surface area contributed by atoms with Crippen LogP contribution in [0.5, 0.6) is 0 Å². The van der Waals surface area contributed by atoms with Gasteiger partial charge in [-0.15, -0.1) is 0 Å². The van der Waals surface area contributed by atoms with Gasteiger partial charge in [0.1, 0.15) is 12.0 Å². The summed E-state index contributed by atoms with van der Waals surface area (Å²) in [6.07, 6.45) is 3.53. The Morgan fingerprint density at radius 1 is 1.28 bits per heavy atom. The highest BCUT2D eigenvalue weighted by Gasteiger charge is 2.26. The summed E-state index contributed by atoms with van der Waals surface area (Å²) in [5.41, 5.74) is 9.51. The predicted octanol–water partition coefficient (Wildman–Crippen LogP) is 2.27. The zero-order valence-electron chi connectivity index (χ0n) is 14.0. The largest absolute Gasteiger partial charge is 0.393 e. The van der Waals surface area contributed by atoms with Crippen molar-refractivity contribution in [3.8, 4) is 0 Å². The molecule has 25 heavy (non-hydrogen) atoms. The van der Waals surface area contributed by atoms with Gasteiger partial charge in [0.2, 0.25) is 0 Å². The van der Waals surface area contributed by atoms with E-state index >= 15 is 0 Å². The van der Waals surface area contributed by atoms with Crippen LogP contribution in [0.4, 0.5) is 33.5 Å². The molecule has 0 bridgehead atoms. The average Bonchev–Trinajstić information content (AvgIpc) is 3.01. The number of carbonyl (C=O) groups is 1. The first-order chi connectivity index (χ1) is 12.2. The van der Waals surface area contributed by atoms with Crippen molar-refractivity contribution in [1.82, 2.24) is 15.3 Å². The van der Waals surface area contributed by atoms with Crippen LogP contribution >= 0.6 is 0 Å². The summed E-state index contributed by atoms with van der Waals surface area (Å²) in [5, 5.41) is 9.72. The fourth-order valence-corrected chi connectivity index (χ4v) is 3.52. The van der Waals surface area contributed by atoms with Crippen molar-refractivity contribution in [3.63, 3.8) is 0 Å². The second-order valence-electron chi connectivity index (χ2n) is 6.29. The fraction of sp³-hybridized carbons (Fsp3) is 0.353. The van der Waals surface area contributed by atoms with Crippen LogP contribution in [0.15, 0.2) is 24.5 Å². The van der Waals surface area contributed by atoms with E-state index < -0.39 is 0 Å². The van der Waals surface area contributed by atoms with Crippen LogP contribution in [0.3, 0.4) is 0 Å². The third kappa shape index (κ3) is 2.79. The van der Waals surface area contributed by atoms with Crippen molar-refractivity contribution in [2.45, 2.75) is 18.8 Å². The molecule has 8 heteroatoms. The summed E-state index contributed by atoms with van der Waals surface area (Å²) in [5.74, 6) is 1.89. The minimum atomic E-state index is -0.290. The maximum atomic E-state index is 11.4. The van der Waals surface area contributed by atoms with Gasteiger partial charge in [0.25, 0.3) is 0 Å². The number of hydrogen-bond acceptors (Lipinski definition) is 6. The molecule has 0 spiro atoms. The number of anilines is 4. The van der Waals surface area contributed by atoms with Crippen molar-refractivity contribution in [2.75, 3.05) is 41.4 Å². The van der Waals surface area contributed by atoms with Crippen LogP contribution in [-0.2, 0) is 0 Å². The minimum absolute atomic E-state index is 0.290. The van der Waals surface area contributed by atoms with Crippen LogP contribution in [0.25, 0.3) is 0 Å². The monoisotopic (exact) mass is 338 g/mol. The van der Waals surface area contributed by atoms with Gasteiger partial charge in [-0.2, -0.15) is 5.32 Å². The molecule has 8 nitrogen and oxygen atoms in total. The molecule has 129 valence electrons. The number of urea groups is 1. The highest BCUT2D eigenvalue weighted by atomic mass is 16.2. The lowest BCUT2D eigenvalue weighted by atomic mass is 9.89. The van der Waals surface area contributed by atoms with Crippen molar-refractivity contribution >= 4 is 34.7 Å². The van der Waals surface area contributed by atoms with Crippen molar-refractivity contribution in [2.24, 2.45) is 0 Å². The number of nitrogens with two attached hydrogens (primary N) is 1. The van der Waals surface area contributed by atoms with E-state index in [4.69, 9.17) is 5.73 Å². The van der Waals surface area contributed by atoms with Gasteiger partial charge in [0.15, 0.2) is 11.6 Å². The van der Waals surface area contributed by atoms with Crippen molar-refractivity contribution in [3.05, 3.63) is 30.1 Å². The molecule has 4 rings (SSSR count). The number of benzene rings is 1. The average molecular weight is 338 g/mol. The Morgan fingerprint density at radius 3 is 2.84 bits per heavy atom. The summed E-state index contributed by atoms with van der Waals surface area (Å²) in [6, 6.07) is 5.75. The smallest absolute Gasteiger partial charge is 0.346 e. The molecule has 2 aliphatic rings. The highest BCUT2D eigenvalue weighted by Crippen LogP contribution is 2.36. The van der Waals surface area contributed by atoms with E-state index in [0.29, 0.717) is 17.4 Å². The Balaban J connectivity index is 1.47. The molecule has 0 atom stereocenters. The molecule has 3 heterocycles. The Morgan fingerprint density at radius 2 is 2.08 bits per heavy atom. The van der Waals surface area contributed by atoms with E-state index in [1.807, 2.05) is 12.1 Å². The number of carbonyl (C=O) groups excluding carboxylic acids is 1. The maximum Gasteiger partial charge on any atom is 0.346 e. The van der Waals surface area contributed by atoms with Gasteiger partial charge in [-0.25, -0.2) is 14.8 Å². The lowest BCUT2D eigenvalue weighted by molar-refractivity contribution is 0.256. The van der Waals surface area contributed by atoms with E-state index in [1.54, 1.807) is 7.05 Å². The highest BCUT2D eigenvalue weighted by molar-refractivity contribution is 6.02. The number of fused-ring (bicyclic) bond motifs is 1. The Kier molecular flexibility index (Phi) is 3.79. The summed E-state index contributed by atoms with van der Waals surface area (Å²) >= 11 is 0. The lowest BCUT2D eigenvalue weighted by Crippen LogP contribution is -2.34. The molecule has 0 aliphatic carbocycles. The minimum Gasteiger partial charge on any atom is -0.393 e. The number of nitrogen functional groups attached to an aromatic ring is 1. The zero-order valence-corrected chi connectivity index (χ0v) is 14.0. The quantitative estimate of drug-likeness (QED) is 0.792. The van der Waals surface area contributed by atoms with Crippen LogP contribution in [0, 0.1) is 0 Å². The number of nitrogens with zero attached hydrogens (tertiary/aromatic N) is 4. The summed E-state index contributed by atoms with van der Waals surface area (Å²) < 4.78 is 0.